The second-order valence-corrected chi connectivity index (χ2v) is 4.77. The van der Waals surface area contributed by atoms with Crippen LogP contribution in [0.1, 0.15) is 17.4 Å². The van der Waals surface area contributed by atoms with E-state index in [9.17, 15) is 4.39 Å². The highest BCUT2D eigenvalue weighted by Gasteiger charge is 2.14. The van der Waals surface area contributed by atoms with Gasteiger partial charge < -0.3 is 5.32 Å². The third-order valence-electron chi connectivity index (χ3n) is 2.63. The van der Waals surface area contributed by atoms with E-state index in [0.717, 1.165) is 5.56 Å². The Morgan fingerprint density at radius 2 is 2.28 bits per heavy atom. The van der Waals surface area contributed by atoms with Crippen molar-refractivity contribution in [2.45, 2.75) is 12.5 Å². The second-order valence-electron chi connectivity index (χ2n) is 3.91. The zero-order valence-electron chi connectivity index (χ0n) is 10.1. The summed E-state index contributed by atoms with van der Waals surface area (Å²) in [5, 5.41) is 14.9. The van der Waals surface area contributed by atoms with E-state index in [-0.39, 0.29) is 11.9 Å². The summed E-state index contributed by atoms with van der Waals surface area (Å²) in [6.07, 6.45) is 0.561. The minimum atomic E-state index is -0.278. The first-order chi connectivity index (χ1) is 8.60. The van der Waals surface area contributed by atoms with E-state index >= 15 is 0 Å². The van der Waals surface area contributed by atoms with E-state index in [0.29, 0.717) is 16.7 Å². The number of nitrogens with one attached hydrogen (secondary N) is 1. The van der Waals surface area contributed by atoms with Crippen LogP contribution in [0.25, 0.3) is 0 Å². The highest BCUT2D eigenvalue weighted by atomic mass is 79.9. The third kappa shape index (κ3) is 2.91. The number of rotatable bonds is 4. The summed E-state index contributed by atoms with van der Waals surface area (Å²) in [5.41, 5.74) is 0.852. The van der Waals surface area contributed by atoms with E-state index in [4.69, 9.17) is 0 Å². The zero-order valence-corrected chi connectivity index (χ0v) is 11.6. The molecule has 5 nitrogen and oxygen atoms in total. The quantitative estimate of drug-likeness (QED) is 0.932. The van der Waals surface area contributed by atoms with Gasteiger partial charge in [-0.2, -0.15) is 4.80 Å². The van der Waals surface area contributed by atoms with Crippen molar-refractivity contribution in [3.05, 3.63) is 39.9 Å². The van der Waals surface area contributed by atoms with Gasteiger partial charge >= 0.3 is 0 Å². The molecule has 0 aliphatic carbocycles. The summed E-state index contributed by atoms with van der Waals surface area (Å²) in [7, 11) is 3.53. The maximum absolute atomic E-state index is 13.5. The van der Waals surface area contributed by atoms with Gasteiger partial charge in [0.15, 0.2) is 5.82 Å². The average Bonchev–Trinajstić information content (AvgIpc) is 2.75. The summed E-state index contributed by atoms with van der Waals surface area (Å²) in [6, 6.07) is 5.02. The van der Waals surface area contributed by atoms with E-state index in [1.54, 1.807) is 13.1 Å². The van der Waals surface area contributed by atoms with E-state index < -0.39 is 0 Å². The molecule has 0 saturated heterocycles. The molecule has 0 radical (unpaired) electrons. The van der Waals surface area contributed by atoms with Crippen LogP contribution < -0.4 is 5.32 Å². The molecule has 0 aliphatic heterocycles. The minimum absolute atomic E-state index is 0.0446. The van der Waals surface area contributed by atoms with Crippen molar-refractivity contribution in [2.24, 2.45) is 7.05 Å². The van der Waals surface area contributed by atoms with E-state index in [2.05, 4.69) is 36.7 Å². The Hall–Kier alpha value is -1.34. The number of hydrogen-bond acceptors (Lipinski definition) is 4. The molecular weight excluding hydrogens is 301 g/mol. The summed E-state index contributed by atoms with van der Waals surface area (Å²) >= 11 is 3.14. The number of likely N-dealkylation sites (N-methyl/N-ethyl adjacent to an activating group) is 1. The lowest BCUT2D eigenvalue weighted by molar-refractivity contribution is 0.559. The van der Waals surface area contributed by atoms with Gasteiger partial charge in [0.25, 0.3) is 0 Å². The Morgan fingerprint density at radius 1 is 1.50 bits per heavy atom. The number of aryl methyl sites for hydroxylation is 1. The summed E-state index contributed by atoms with van der Waals surface area (Å²) < 4.78 is 14.0. The van der Waals surface area contributed by atoms with Crippen LogP contribution in [0, 0.1) is 5.82 Å². The fourth-order valence-electron chi connectivity index (χ4n) is 1.70. The molecule has 2 rings (SSSR count). The predicted molar refractivity (Wildman–Crippen MR) is 68.4 cm³/mol. The standard InChI is InChI=1S/C11H13BrFN5/c1-14-10(6-11-15-17-18(2)16-11)7-3-4-8(12)9(13)5-7/h3-5,10,14H,6H2,1-2H3. The molecule has 96 valence electrons. The first kappa shape index (κ1) is 13.1. The number of tetrazole rings is 1. The summed E-state index contributed by atoms with van der Waals surface area (Å²) in [4.78, 5) is 1.41. The largest absolute Gasteiger partial charge is 0.313 e. The van der Waals surface area contributed by atoms with Crippen LogP contribution >= 0.6 is 15.9 Å². The molecule has 0 amide bonds. The van der Waals surface area contributed by atoms with Crippen molar-refractivity contribution in [2.75, 3.05) is 7.05 Å². The monoisotopic (exact) mass is 313 g/mol. The van der Waals surface area contributed by atoms with E-state index in [1.165, 1.54) is 10.9 Å². The Kier molecular flexibility index (Phi) is 4.03. The Labute approximate surface area is 113 Å². The van der Waals surface area contributed by atoms with Gasteiger partial charge in [-0.1, -0.05) is 6.07 Å². The average molecular weight is 314 g/mol. The van der Waals surface area contributed by atoms with Gasteiger partial charge in [-0.3, -0.25) is 0 Å². The minimum Gasteiger partial charge on any atom is -0.313 e. The molecule has 7 heteroatoms. The fourth-order valence-corrected chi connectivity index (χ4v) is 1.95. The first-order valence-electron chi connectivity index (χ1n) is 5.45. The van der Waals surface area contributed by atoms with Crippen LogP contribution in [0.4, 0.5) is 4.39 Å². The van der Waals surface area contributed by atoms with Gasteiger partial charge in [0, 0.05) is 12.5 Å². The van der Waals surface area contributed by atoms with Crippen molar-refractivity contribution in [1.29, 1.82) is 0 Å². The van der Waals surface area contributed by atoms with Crippen molar-refractivity contribution in [1.82, 2.24) is 25.5 Å². The number of benzene rings is 1. The van der Waals surface area contributed by atoms with Gasteiger partial charge in [0.2, 0.25) is 0 Å². The molecule has 0 bridgehead atoms. The van der Waals surface area contributed by atoms with Crippen LogP contribution in [0.15, 0.2) is 22.7 Å². The van der Waals surface area contributed by atoms with Crippen molar-refractivity contribution < 1.29 is 4.39 Å². The van der Waals surface area contributed by atoms with Gasteiger partial charge in [0.05, 0.1) is 11.5 Å². The SMILES string of the molecule is CNC(Cc1nnn(C)n1)c1ccc(Br)c(F)c1. The molecule has 0 fully saturated rings. The first-order valence-corrected chi connectivity index (χ1v) is 6.24. The van der Waals surface area contributed by atoms with Crippen LogP contribution in [0.5, 0.6) is 0 Å². The van der Waals surface area contributed by atoms with Gasteiger partial charge in [-0.15, -0.1) is 10.2 Å². The smallest absolute Gasteiger partial charge is 0.176 e. The topological polar surface area (TPSA) is 55.6 Å². The molecule has 1 atom stereocenters. The predicted octanol–water partition coefficient (Wildman–Crippen LogP) is 1.61. The lowest BCUT2D eigenvalue weighted by Gasteiger charge is -2.15. The van der Waals surface area contributed by atoms with Gasteiger partial charge in [-0.05, 0) is 45.9 Å². The van der Waals surface area contributed by atoms with Crippen molar-refractivity contribution in [3.63, 3.8) is 0 Å². The Balaban J connectivity index is 2.19. The normalized spacial score (nSPS) is 12.7. The Morgan fingerprint density at radius 3 is 2.83 bits per heavy atom. The molecule has 0 saturated carbocycles. The molecule has 1 unspecified atom stereocenters. The van der Waals surface area contributed by atoms with Crippen LogP contribution in [0.2, 0.25) is 0 Å². The van der Waals surface area contributed by atoms with E-state index in [1.807, 2.05) is 13.1 Å². The van der Waals surface area contributed by atoms with Crippen LogP contribution in [-0.2, 0) is 13.5 Å². The number of halogens is 2. The molecular formula is C11H13BrFN5. The van der Waals surface area contributed by atoms with Crippen LogP contribution in [0.3, 0.4) is 0 Å². The molecule has 1 N–H and O–H groups in total. The van der Waals surface area contributed by atoms with Crippen LogP contribution in [-0.4, -0.2) is 27.3 Å². The van der Waals surface area contributed by atoms with Crippen molar-refractivity contribution >= 4 is 15.9 Å². The fraction of sp³-hybridized carbons (Fsp3) is 0.364. The van der Waals surface area contributed by atoms with Gasteiger partial charge in [0.1, 0.15) is 5.82 Å². The maximum atomic E-state index is 13.5. The molecule has 1 aromatic heterocycles. The second kappa shape index (κ2) is 5.53. The lowest BCUT2D eigenvalue weighted by Crippen LogP contribution is -2.19. The van der Waals surface area contributed by atoms with Crippen molar-refractivity contribution in [3.8, 4) is 0 Å². The molecule has 1 heterocycles. The highest BCUT2D eigenvalue weighted by molar-refractivity contribution is 9.10. The molecule has 2 aromatic rings. The number of nitrogens with zero attached hydrogens (tertiary/aromatic N) is 4. The highest BCUT2D eigenvalue weighted by Crippen LogP contribution is 2.22. The molecule has 0 spiro atoms. The number of aromatic nitrogens is 4. The Bertz CT molecular complexity index is 542. The summed E-state index contributed by atoms with van der Waals surface area (Å²) in [6.45, 7) is 0. The third-order valence-corrected chi connectivity index (χ3v) is 3.27. The molecule has 1 aromatic carbocycles. The lowest BCUT2D eigenvalue weighted by atomic mass is 10.0. The molecule has 0 aliphatic rings. The maximum Gasteiger partial charge on any atom is 0.176 e. The van der Waals surface area contributed by atoms with Gasteiger partial charge in [-0.25, -0.2) is 4.39 Å². The zero-order chi connectivity index (χ0) is 13.1. The molecule has 18 heavy (non-hydrogen) atoms. The summed E-state index contributed by atoms with van der Waals surface area (Å²) in [5.74, 6) is 0.347. The number of hydrogen-bond donors (Lipinski definition) is 1.